The van der Waals surface area contributed by atoms with Crippen molar-refractivity contribution in [1.82, 2.24) is 4.57 Å². The first-order valence-corrected chi connectivity index (χ1v) is 18.3. The number of nitrogens with zero attached hydrogens (tertiary/aromatic N) is 2. The highest BCUT2D eigenvalue weighted by Gasteiger charge is 2.24. The average Bonchev–Trinajstić information content (AvgIpc) is 3.42. The molecule has 8 aromatic rings. The summed E-state index contributed by atoms with van der Waals surface area (Å²) >= 11 is 4.23. The highest BCUT2D eigenvalue weighted by Crippen LogP contribution is 2.46. The van der Waals surface area contributed by atoms with E-state index in [1.165, 1.54) is 60.0 Å². The quantitative estimate of drug-likeness (QED) is 0.176. The molecule has 2 nitrogen and oxygen atoms in total. The Hall–Kier alpha value is -4.86. The molecule has 8 rings (SSSR count). The van der Waals surface area contributed by atoms with Gasteiger partial charge in [-0.1, -0.05) is 114 Å². The molecular formula is C47H43BrN2. The largest absolute Gasteiger partial charge is 0.309 e. The first-order chi connectivity index (χ1) is 23.9. The summed E-state index contributed by atoms with van der Waals surface area (Å²) in [6.45, 7) is 16.0. The van der Waals surface area contributed by atoms with E-state index in [9.17, 15) is 0 Å². The molecule has 0 N–H and O–H groups in total. The zero-order valence-corrected chi connectivity index (χ0v) is 31.6. The first-order valence-electron chi connectivity index (χ1n) is 17.5. The number of anilines is 3. The lowest BCUT2D eigenvalue weighted by molar-refractivity contribution is 0.590. The van der Waals surface area contributed by atoms with E-state index in [-0.39, 0.29) is 10.8 Å². The van der Waals surface area contributed by atoms with Crippen molar-refractivity contribution in [3.63, 3.8) is 0 Å². The van der Waals surface area contributed by atoms with Crippen molar-refractivity contribution in [2.24, 2.45) is 0 Å². The van der Waals surface area contributed by atoms with E-state index in [0.717, 1.165) is 27.2 Å². The zero-order chi connectivity index (χ0) is 34.9. The Bertz CT molecular complexity index is 2440. The Balaban J connectivity index is 1.42. The van der Waals surface area contributed by atoms with Crippen molar-refractivity contribution in [1.29, 1.82) is 0 Å². The van der Waals surface area contributed by atoms with Crippen molar-refractivity contribution < 1.29 is 0 Å². The van der Waals surface area contributed by atoms with Crippen LogP contribution in [0, 0.1) is 6.92 Å². The summed E-state index contributed by atoms with van der Waals surface area (Å²) in [4.78, 5) is 2.41. The molecule has 0 saturated heterocycles. The Labute approximate surface area is 304 Å². The molecule has 248 valence electrons. The fraction of sp³-hybridized carbons (Fsp3) is 0.191. The van der Waals surface area contributed by atoms with E-state index in [4.69, 9.17) is 0 Å². The van der Waals surface area contributed by atoms with Crippen LogP contribution in [0.25, 0.3) is 49.0 Å². The number of rotatable bonds is 4. The number of aromatic nitrogens is 1. The van der Waals surface area contributed by atoms with E-state index in [0.29, 0.717) is 0 Å². The van der Waals surface area contributed by atoms with Gasteiger partial charge in [0.05, 0.1) is 26.9 Å². The van der Waals surface area contributed by atoms with Gasteiger partial charge in [-0.15, -0.1) is 0 Å². The van der Waals surface area contributed by atoms with Crippen LogP contribution >= 0.6 is 15.9 Å². The normalized spacial score (nSPS) is 12.4. The fourth-order valence-corrected chi connectivity index (χ4v) is 7.91. The maximum atomic E-state index is 4.23. The van der Waals surface area contributed by atoms with Crippen LogP contribution in [-0.4, -0.2) is 4.57 Å². The Morgan fingerprint density at radius 1 is 0.500 bits per heavy atom. The molecule has 0 bridgehead atoms. The number of hydrogen-bond acceptors (Lipinski definition) is 1. The molecule has 0 saturated carbocycles. The third-order valence-electron chi connectivity index (χ3n) is 10.1. The number of halogens is 1. The van der Waals surface area contributed by atoms with Crippen molar-refractivity contribution >= 4 is 76.3 Å². The first kappa shape index (κ1) is 32.4. The molecule has 7 aromatic carbocycles. The molecular weight excluding hydrogens is 672 g/mol. The second kappa shape index (κ2) is 11.9. The van der Waals surface area contributed by atoms with Crippen LogP contribution < -0.4 is 4.90 Å². The highest BCUT2D eigenvalue weighted by molar-refractivity contribution is 9.10. The lowest BCUT2D eigenvalue weighted by Crippen LogP contribution is -2.12. The van der Waals surface area contributed by atoms with Gasteiger partial charge in [-0.3, -0.25) is 0 Å². The van der Waals surface area contributed by atoms with Gasteiger partial charge in [0.25, 0.3) is 0 Å². The molecule has 0 aliphatic heterocycles. The van der Waals surface area contributed by atoms with E-state index < -0.39 is 0 Å². The van der Waals surface area contributed by atoms with Crippen LogP contribution in [0.5, 0.6) is 0 Å². The van der Waals surface area contributed by atoms with E-state index in [1.54, 1.807) is 0 Å². The van der Waals surface area contributed by atoms with Crippen LogP contribution in [0.3, 0.4) is 0 Å². The van der Waals surface area contributed by atoms with Crippen LogP contribution in [0.1, 0.15) is 58.2 Å². The number of hydrogen-bond donors (Lipinski definition) is 0. The summed E-state index contributed by atoms with van der Waals surface area (Å²) in [6.07, 6.45) is 0. The number of fused-ring (bicyclic) bond motifs is 5. The van der Waals surface area contributed by atoms with Crippen LogP contribution in [0.15, 0.2) is 138 Å². The second-order valence-corrected chi connectivity index (χ2v) is 16.6. The third kappa shape index (κ3) is 5.58. The van der Waals surface area contributed by atoms with Crippen LogP contribution in [-0.2, 0) is 10.8 Å². The van der Waals surface area contributed by atoms with Crippen LogP contribution in [0.4, 0.5) is 17.1 Å². The average molecular weight is 716 g/mol. The van der Waals surface area contributed by atoms with E-state index in [2.05, 4.69) is 207 Å². The van der Waals surface area contributed by atoms with Gasteiger partial charge in [-0.05, 0) is 133 Å². The lowest BCUT2D eigenvalue weighted by atomic mass is 9.85. The predicted octanol–water partition coefficient (Wildman–Crippen LogP) is 14.2. The minimum atomic E-state index is 0.0432. The fourth-order valence-electron chi connectivity index (χ4n) is 7.33. The van der Waals surface area contributed by atoms with Crippen molar-refractivity contribution in [3.05, 3.63) is 155 Å². The Morgan fingerprint density at radius 3 is 1.42 bits per heavy atom. The minimum Gasteiger partial charge on any atom is -0.309 e. The second-order valence-electron chi connectivity index (χ2n) is 15.8. The van der Waals surface area contributed by atoms with E-state index in [1.807, 2.05) is 0 Å². The van der Waals surface area contributed by atoms with Gasteiger partial charge in [-0.25, -0.2) is 0 Å². The summed E-state index contributed by atoms with van der Waals surface area (Å²) < 4.78 is 3.51. The van der Waals surface area contributed by atoms with Crippen molar-refractivity contribution in [3.8, 4) is 5.69 Å². The molecule has 0 aliphatic rings. The Kier molecular flexibility index (Phi) is 7.69. The molecule has 0 spiro atoms. The SMILES string of the molecule is Cc1cc(N(c2ccc3ccccc3c2)c2ccc3ccccc3c2)c(Br)c(-n2c3ccc(C(C)(C)C)cc3c3cc(C(C)(C)C)ccc32)c1. The highest BCUT2D eigenvalue weighted by atomic mass is 79.9. The molecule has 1 heterocycles. The summed E-state index contributed by atoms with van der Waals surface area (Å²) in [5, 5.41) is 7.46. The monoisotopic (exact) mass is 714 g/mol. The Morgan fingerprint density at radius 2 is 0.960 bits per heavy atom. The van der Waals surface area contributed by atoms with Gasteiger partial charge in [-0.2, -0.15) is 0 Å². The maximum absolute atomic E-state index is 4.23. The summed E-state index contributed by atoms with van der Waals surface area (Å²) in [6, 6.07) is 49.5. The van der Waals surface area contributed by atoms with Gasteiger partial charge in [0.15, 0.2) is 0 Å². The lowest BCUT2D eigenvalue weighted by Gasteiger charge is -2.29. The molecule has 3 heteroatoms. The van der Waals surface area contributed by atoms with Gasteiger partial charge < -0.3 is 9.47 Å². The number of benzene rings is 7. The standard InChI is InChI=1S/C47H43BrN2/c1-30-24-43(49(37-20-16-31-12-8-10-14-33(31)26-37)38-21-17-32-13-9-11-15-34(32)27-38)45(48)44(25-30)50-41-22-18-35(46(2,3)4)28-39(41)40-29-36(47(5,6)7)19-23-42(40)50/h8-29H,1-7H3. The predicted molar refractivity (Wildman–Crippen MR) is 220 cm³/mol. The van der Waals surface area contributed by atoms with Gasteiger partial charge in [0.2, 0.25) is 0 Å². The minimum absolute atomic E-state index is 0.0432. The molecule has 0 atom stereocenters. The van der Waals surface area contributed by atoms with Gasteiger partial charge >= 0.3 is 0 Å². The maximum Gasteiger partial charge on any atom is 0.0657 e. The summed E-state index contributed by atoms with van der Waals surface area (Å²) in [5.41, 5.74) is 10.8. The molecule has 0 amide bonds. The van der Waals surface area contributed by atoms with Crippen molar-refractivity contribution in [2.75, 3.05) is 4.90 Å². The van der Waals surface area contributed by atoms with Gasteiger partial charge in [0, 0.05) is 22.1 Å². The van der Waals surface area contributed by atoms with E-state index >= 15 is 0 Å². The van der Waals surface area contributed by atoms with Crippen LogP contribution in [0.2, 0.25) is 0 Å². The summed E-state index contributed by atoms with van der Waals surface area (Å²) in [7, 11) is 0. The number of aryl methyl sites for hydroxylation is 1. The molecule has 50 heavy (non-hydrogen) atoms. The molecule has 0 fully saturated rings. The van der Waals surface area contributed by atoms with Crippen molar-refractivity contribution in [2.45, 2.75) is 59.3 Å². The molecule has 0 unspecified atom stereocenters. The molecule has 0 aliphatic carbocycles. The topological polar surface area (TPSA) is 8.17 Å². The van der Waals surface area contributed by atoms with Gasteiger partial charge in [0.1, 0.15) is 0 Å². The third-order valence-corrected chi connectivity index (χ3v) is 11.0. The molecule has 1 aromatic heterocycles. The smallest absolute Gasteiger partial charge is 0.0657 e. The molecule has 0 radical (unpaired) electrons. The zero-order valence-electron chi connectivity index (χ0n) is 30.0. The summed E-state index contributed by atoms with van der Waals surface area (Å²) in [5.74, 6) is 0.